The van der Waals surface area contributed by atoms with Crippen LogP contribution in [0.25, 0.3) is 0 Å². The maximum Gasteiger partial charge on any atom is 0.229 e. The SMILES string of the molecule is Cc1ccc(NCCCNC(=O)[C@@]23CNC[C@@H]2CN(C)C3)nc1. The Labute approximate surface area is 138 Å². The van der Waals surface area contributed by atoms with Crippen molar-refractivity contribution in [1.82, 2.24) is 20.5 Å². The average Bonchev–Trinajstić information content (AvgIpc) is 3.05. The Bertz CT molecular complexity index is 546. The van der Waals surface area contributed by atoms with Crippen molar-refractivity contribution in [3.63, 3.8) is 0 Å². The highest BCUT2D eigenvalue weighted by Crippen LogP contribution is 2.38. The standard InChI is InChI=1S/C17H27N5O/c1-13-4-5-15(21-8-13)19-6-3-7-20-16(23)17-11-18-9-14(17)10-22(2)12-17/h4-5,8,14,18H,3,6-7,9-12H2,1-2H3,(H,19,21)(H,20,23)/t14-,17-/m1/s1. The van der Waals surface area contributed by atoms with Gasteiger partial charge in [0, 0.05) is 51.4 Å². The number of likely N-dealkylation sites (tertiary alicyclic amines) is 1. The van der Waals surface area contributed by atoms with Gasteiger partial charge < -0.3 is 20.9 Å². The number of hydrogen-bond acceptors (Lipinski definition) is 5. The van der Waals surface area contributed by atoms with Crippen molar-refractivity contribution in [3.05, 3.63) is 23.9 Å². The molecule has 2 atom stereocenters. The van der Waals surface area contributed by atoms with E-state index in [1.54, 1.807) is 0 Å². The van der Waals surface area contributed by atoms with Crippen molar-refractivity contribution in [1.29, 1.82) is 0 Å². The first-order valence-corrected chi connectivity index (χ1v) is 8.44. The van der Waals surface area contributed by atoms with Gasteiger partial charge in [0.1, 0.15) is 5.82 Å². The van der Waals surface area contributed by atoms with E-state index in [4.69, 9.17) is 0 Å². The van der Waals surface area contributed by atoms with Crippen LogP contribution in [0.2, 0.25) is 0 Å². The molecule has 0 radical (unpaired) electrons. The molecular formula is C17H27N5O. The molecule has 1 aromatic rings. The van der Waals surface area contributed by atoms with E-state index in [1.165, 1.54) is 0 Å². The number of aromatic nitrogens is 1. The quantitative estimate of drug-likeness (QED) is 0.665. The summed E-state index contributed by atoms with van der Waals surface area (Å²) in [6, 6.07) is 4.02. The molecule has 23 heavy (non-hydrogen) atoms. The largest absolute Gasteiger partial charge is 0.370 e. The Morgan fingerprint density at radius 3 is 3.13 bits per heavy atom. The summed E-state index contributed by atoms with van der Waals surface area (Å²) in [6.07, 6.45) is 2.75. The molecule has 2 saturated heterocycles. The van der Waals surface area contributed by atoms with Crippen LogP contribution < -0.4 is 16.0 Å². The third kappa shape index (κ3) is 3.48. The number of anilines is 1. The molecule has 0 bridgehead atoms. The lowest BCUT2D eigenvalue weighted by atomic mass is 9.80. The van der Waals surface area contributed by atoms with Gasteiger partial charge in [0.05, 0.1) is 5.41 Å². The summed E-state index contributed by atoms with van der Waals surface area (Å²) < 4.78 is 0. The van der Waals surface area contributed by atoms with E-state index in [9.17, 15) is 4.79 Å². The highest BCUT2D eigenvalue weighted by molar-refractivity contribution is 5.84. The summed E-state index contributed by atoms with van der Waals surface area (Å²) in [5, 5.41) is 9.81. The minimum Gasteiger partial charge on any atom is -0.370 e. The summed E-state index contributed by atoms with van der Waals surface area (Å²) in [5.74, 6) is 1.55. The van der Waals surface area contributed by atoms with Gasteiger partial charge >= 0.3 is 0 Å². The molecule has 0 aliphatic carbocycles. The van der Waals surface area contributed by atoms with Crippen LogP contribution in [0.15, 0.2) is 18.3 Å². The number of carbonyl (C=O) groups excluding carboxylic acids is 1. The van der Waals surface area contributed by atoms with E-state index in [0.717, 1.165) is 50.5 Å². The van der Waals surface area contributed by atoms with E-state index < -0.39 is 0 Å². The summed E-state index contributed by atoms with van der Waals surface area (Å²) in [5.41, 5.74) is 0.934. The van der Waals surface area contributed by atoms with Gasteiger partial charge in [-0.25, -0.2) is 4.98 Å². The van der Waals surface area contributed by atoms with Gasteiger partial charge in [0.15, 0.2) is 0 Å². The van der Waals surface area contributed by atoms with Crippen molar-refractivity contribution in [2.45, 2.75) is 13.3 Å². The first-order valence-electron chi connectivity index (χ1n) is 8.44. The fourth-order valence-corrected chi connectivity index (χ4v) is 3.75. The van der Waals surface area contributed by atoms with Crippen LogP contribution in [0, 0.1) is 18.3 Å². The predicted molar refractivity (Wildman–Crippen MR) is 91.4 cm³/mol. The smallest absolute Gasteiger partial charge is 0.229 e. The number of carbonyl (C=O) groups is 1. The maximum absolute atomic E-state index is 12.7. The predicted octanol–water partition coefficient (Wildman–Crippen LogP) is 0.459. The van der Waals surface area contributed by atoms with Gasteiger partial charge in [0.2, 0.25) is 5.91 Å². The Morgan fingerprint density at radius 2 is 2.35 bits per heavy atom. The fraction of sp³-hybridized carbons (Fsp3) is 0.647. The molecule has 2 fully saturated rings. The molecule has 126 valence electrons. The molecular weight excluding hydrogens is 290 g/mol. The molecule has 0 saturated carbocycles. The first-order chi connectivity index (χ1) is 11.1. The van der Waals surface area contributed by atoms with Crippen LogP contribution in [0.1, 0.15) is 12.0 Å². The summed E-state index contributed by atoms with van der Waals surface area (Å²) >= 11 is 0. The van der Waals surface area contributed by atoms with Gasteiger partial charge in [-0.1, -0.05) is 6.07 Å². The third-order valence-electron chi connectivity index (χ3n) is 5.01. The molecule has 3 rings (SSSR count). The van der Waals surface area contributed by atoms with Gasteiger partial charge in [-0.05, 0) is 32.0 Å². The number of rotatable bonds is 6. The number of fused-ring (bicyclic) bond motifs is 1. The molecule has 0 spiro atoms. The zero-order valence-corrected chi connectivity index (χ0v) is 14.1. The Balaban J connectivity index is 1.40. The fourth-order valence-electron chi connectivity index (χ4n) is 3.75. The maximum atomic E-state index is 12.7. The minimum absolute atomic E-state index is 0.213. The van der Waals surface area contributed by atoms with Crippen molar-refractivity contribution in [3.8, 4) is 0 Å². The molecule has 0 aromatic carbocycles. The summed E-state index contributed by atoms with van der Waals surface area (Å²) in [7, 11) is 2.10. The topological polar surface area (TPSA) is 69.3 Å². The number of aryl methyl sites for hydroxylation is 1. The van der Waals surface area contributed by atoms with Crippen molar-refractivity contribution >= 4 is 11.7 Å². The zero-order valence-electron chi connectivity index (χ0n) is 14.1. The number of amides is 1. The van der Waals surface area contributed by atoms with Crippen LogP contribution in [-0.4, -0.2) is 62.1 Å². The second-order valence-corrected chi connectivity index (χ2v) is 6.94. The van der Waals surface area contributed by atoms with Gasteiger partial charge in [-0.15, -0.1) is 0 Å². The Morgan fingerprint density at radius 1 is 1.48 bits per heavy atom. The lowest BCUT2D eigenvalue weighted by molar-refractivity contribution is -0.130. The number of nitrogens with zero attached hydrogens (tertiary/aromatic N) is 2. The third-order valence-corrected chi connectivity index (χ3v) is 5.01. The lowest BCUT2D eigenvalue weighted by Crippen LogP contribution is -2.47. The molecule has 0 unspecified atom stereocenters. The van der Waals surface area contributed by atoms with Crippen LogP contribution in [-0.2, 0) is 4.79 Å². The van der Waals surface area contributed by atoms with Crippen LogP contribution in [0.5, 0.6) is 0 Å². The second kappa shape index (κ2) is 6.84. The molecule has 6 nitrogen and oxygen atoms in total. The van der Waals surface area contributed by atoms with Gasteiger partial charge in [-0.3, -0.25) is 4.79 Å². The average molecular weight is 317 g/mol. The van der Waals surface area contributed by atoms with Crippen LogP contribution in [0.4, 0.5) is 5.82 Å². The van der Waals surface area contributed by atoms with Crippen LogP contribution in [0.3, 0.4) is 0 Å². The summed E-state index contributed by atoms with van der Waals surface area (Å²) in [6.45, 7) is 7.18. The highest BCUT2D eigenvalue weighted by Gasteiger charge is 2.53. The normalized spacial score (nSPS) is 27.0. The number of hydrogen-bond donors (Lipinski definition) is 3. The number of nitrogens with one attached hydrogen (secondary N) is 3. The molecule has 3 heterocycles. The van der Waals surface area contributed by atoms with E-state index in [2.05, 4.69) is 32.9 Å². The van der Waals surface area contributed by atoms with Gasteiger partial charge in [0.25, 0.3) is 0 Å². The van der Waals surface area contributed by atoms with E-state index in [-0.39, 0.29) is 11.3 Å². The minimum atomic E-state index is -0.222. The molecule has 1 amide bonds. The monoisotopic (exact) mass is 317 g/mol. The molecule has 3 N–H and O–H groups in total. The van der Waals surface area contributed by atoms with Crippen LogP contribution >= 0.6 is 0 Å². The highest BCUT2D eigenvalue weighted by atomic mass is 16.2. The summed E-state index contributed by atoms with van der Waals surface area (Å²) in [4.78, 5) is 19.2. The van der Waals surface area contributed by atoms with Gasteiger partial charge in [-0.2, -0.15) is 0 Å². The van der Waals surface area contributed by atoms with Crippen molar-refractivity contribution in [2.24, 2.45) is 11.3 Å². The Hall–Kier alpha value is -1.66. The second-order valence-electron chi connectivity index (χ2n) is 6.94. The molecule has 2 aliphatic rings. The zero-order chi connectivity index (χ0) is 16.3. The molecule has 6 heteroatoms. The number of pyridine rings is 1. The Kier molecular flexibility index (Phi) is 4.82. The lowest BCUT2D eigenvalue weighted by Gasteiger charge is -2.26. The first kappa shape index (κ1) is 16.2. The van der Waals surface area contributed by atoms with Crippen molar-refractivity contribution in [2.75, 3.05) is 51.6 Å². The van der Waals surface area contributed by atoms with E-state index in [1.807, 2.05) is 25.3 Å². The molecule has 2 aliphatic heterocycles. The van der Waals surface area contributed by atoms with E-state index in [0.29, 0.717) is 12.5 Å². The van der Waals surface area contributed by atoms with Crippen molar-refractivity contribution < 1.29 is 4.79 Å². The van der Waals surface area contributed by atoms with E-state index >= 15 is 0 Å². The molecule has 1 aromatic heterocycles.